The van der Waals surface area contributed by atoms with Gasteiger partial charge in [0.15, 0.2) is 0 Å². The van der Waals surface area contributed by atoms with Crippen LogP contribution in [0, 0.1) is 0 Å². The molecule has 0 spiro atoms. The number of rotatable bonds is 7. The van der Waals surface area contributed by atoms with Crippen LogP contribution in [0.1, 0.15) is 36.8 Å². The third-order valence-corrected chi connectivity index (χ3v) is 4.65. The Hall–Kier alpha value is -1.43. The van der Waals surface area contributed by atoms with Gasteiger partial charge in [-0.15, -0.1) is 10.2 Å². The number of nitrogens with one attached hydrogen (secondary N) is 1. The quantitative estimate of drug-likeness (QED) is 0.536. The fraction of sp³-hybridized carbons (Fsp3) is 0.312. The van der Waals surface area contributed by atoms with E-state index in [0.717, 1.165) is 24.3 Å². The van der Waals surface area contributed by atoms with Crippen LogP contribution >= 0.6 is 34.5 Å². The van der Waals surface area contributed by atoms with Crippen LogP contribution in [-0.4, -0.2) is 16.1 Å². The van der Waals surface area contributed by atoms with Crippen LogP contribution in [0.2, 0.25) is 10.0 Å². The van der Waals surface area contributed by atoms with Crippen LogP contribution in [0.25, 0.3) is 6.08 Å². The molecule has 0 aliphatic rings. The predicted octanol–water partition coefficient (Wildman–Crippen LogP) is 5.23. The molecule has 0 saturated heterocycles. The Bertz CT molecular complexity index is 680. The van der Waals surface area contributed by atoms with Gasteiger partial charge in [-0.05, 0) is 24.6 Å². The molecule has 2 aromatic rings. The largest absolute Gasteiger partial charge is 0.297 e. The van der Waals surface area contributed by atoms with E-state index >= 15 is 0 Å². The monoisotopic (exact) mass is 369 g/mol. The first-order valence-corrected chi connectivity index (χ1v) is 8.93. The molecule has 0 aliphatic carbocycles. The summed E-state index contributed by atoms with van der Waals surface area (Å²) in [5.74, 6) is -0.294. The lowest BCUT2D eigenvalue weighted by atomic mass is 10.2. The molecule has 2 rings (SSSR count). The number of hydrogen-bond acceptors (Lipinski definition) is 4. The van der Waals surface area contributed by atoms with E-state index in [0.29, 0.717) is 20.7 Å². The standard InChI is InChI=1S/C16H17Cl2N3OS/c1-2-3-4-8-15-20-21-16(23-15)19-14(22)10-9-11-12(17)6-5-7-13(11)18/h5-7,9-10H,2-4,8H2,1H3,(H,19,21,22)/b10-9+. The molecule has 122 valence electrons. The number of aromatic nitrogens is 2. The average Bonchev–Trinajstić information content (AvgIpc) is 2.94. The highest BCUT2D eigenvalue weighted by Crippen LogP contribution is 2.25. The number of hydrogen-bond donors (Lipinski definition) is 1. The van der Waals surface area contributed by atoms with Crippen LogP contribution in [-0.2, 0) is 11.2 Å². The highest BCUT2D eigenvalue weighted by molar-refractivity contribution is 7.15. The Morgan fingerprint density at radius 3 is 2.70 bits per heavy atom. The molecule has 1 aromatic heterocycles. The molecular weight excluding hydrogens is 353 g/mol. The maximum Gasteiger partial charge on any atom is 0.250 e. The van der Waals surface area contributed by atoms with Crippen molar-refractivity contribution in [3.8, 4) is 0 Å². The minimum Gasteiger partial charge on any atom is -0.297 e. The second kappa shape index (κ2) is 9.01. The smallest absolute Gasteiger partial charge is 0.250 e. The lowest BCUT2D eigenvalue weighted by molar-refractivity contribution is -0.111. The highest BCUT2D eigenvalue weighted by atomic mass is 35.5. The van der Waals surface area contributed by atoms with Crippen molar-refractivity contribution in [2.75, 3.05) is 5.32 Å². The minimum atomic E-state index is -0.294. The molecule has 0 fully saturated rings. The molecule has 0 radical (unpaired) electrons. The Balaban J connectivity index is 1.93. The van der Waals surface area contributed by atoms with Crippen molar-refractivity contribution in [3.63, 3.8) is 0 Å². The first-order chi connectivity index (χ1) is 11.1. The van der Waals surface area contributed by atoms with E-state index in [9.17, 15) is 4.79 Å². The second-order valence-corrected chi connectivity index (χ2v) is 6.79. The summed E-state index contributed by atoms with van der Waals surface area (Å²) in [7, 11) is 0. The van der Waals surface area contributed by atoms with E-state index in [4.69, 9.17) is 23.2 Å². The number of unbranched alkanes of at least 4 members (excludes halogenated alkanes) is 2. The van der Waals surface area contributed by atoms with E-state index in [1.54, 1.807) is 24.3 Å². The summed E-state index contributed by atoms with van der Waals surface area (Å²) in [6, 6.07) is 5.19. The van der Waals surface area contributed by atoms with Gasteiger partial charge in [0, 0.05) is 28.1 Å². The maximum absolute atomic E-state index is 11.9. The lowest BCUT2D eigenvalue weighted by Gasteiger charge is -2.00. The molecule has 1 amide bonds. The van der Waals surface area contributed by atoms with Gasteiger partial charge in [0.05, 0.1) is 0 Å². The Labute approximate surface area is 149 Å². The van der Waals surface area contributed by atoms with Gasteiger partial charge in [-0.25, -0.2) is 0 Å². The third-order valence-electron chi connectivity index (χ3n) is 3.09. The Morgan fingerprint density at radius 1 is 1.26 bits per heavy atom. The number of anilines is 1. The number of halogens is 2. The first kappa shape index (κ1) is 17.9. The Morgan fingerprint density at radius 2 is 2.00 bits per heavy atom. The van der Waals surface area contributed by atoms with Crippen molar-refractivity contribution < 1.29 is 4.79 Å². The van der Waals surface area contributed by atoms with E-state index in [-0.39, 0.29) is 5.91 Å². The molecule has 1 aromatic carbocycles. The van der Waals surface area contributed by atoms with E-state index in [1.807, 2.05) is 0 Å². The molecule has 4 nitrogen and oxygen atoms in total. The van der Waals surface area contributed by atoms with Gasteiger partial charge in [-0.2, -0.15) is 0 Å². The number of benzene rings is 1. The summed E-state index contributed by atoms with van der Waals surface area (Å²) in [5.41, 5.74) is 0.614. The summed E-state index contributed by atoms with van der Waals surface area (Å²) in [4.78, 5) is 11.9. The maximum atomic E-state index is 11.9. The van der Waals surface area contributed by atoms with Gasteiger partial charge in [0.1, 0.15) is 5.01 Å². The average molecular weight is 370 g/mol. The van der Waals surface area contributed by atoms with Crippen molar-refractivity contribution in [2.45, 2.75) is 32.6 Å². The summed E-state index contributed by atoms with van der Waals surface area (Å²) >= 11 is 13.5. The lowest BCUT2D eigenvalue weighted by Crippen LogP contribution is -2.07. The fourth-order valence-corrected chi connectivity index (χ4v) is 3.22. The molecule has 23 heavy (non-hydrogen) atoms. The molecule has 0 bridgehead atoms. The predicted molar refractivity (Wildman–Crippen MR) is 97.3 cm³/mol. The van der Waals surface area contributed by atoms with Crippen LogP contribution < -0.4 is 5.32 Å². The topological polar surface area (TPSA) is 54.9 Å². The zero-order valence-electron chi connectivity index (χ0n) is 12.7. The van der Waals surface area contributed by atoms with Gasteiger partial charge in [0.2, 0.25) is 11.0 Å². The second-order valence-electron chi connectivity index (χ2n) is 4.92. The molecule has 0 atom stereocenters. The van der Waals surface area contributed by atoms with Gasteiger partial charge in [0.25, 0.3) is 0 Å². The highest BCUT2D eigenvalue weighted by Gasteiger charge is 2.07. The van der Waals surface area contributed by atoms with Gasteiger partial charge < -0.3 is 0 Å². The molecular formula is C16H17Cl2N3OS. The van der Waals surface area contributed by atoms with E-state index in [1.165, 1.54) is 23.8 Å². The number of nitrogens with zero attached hydrogens (tertiary/aromatic N) is 2. The normalized spacial score (nSPS) is 11.1. The van der Waals surface area contributed by atoms with Crippen LogP contribution in [0.5, 0.6) is 0 Å². The van der Waals surface area contributed by atoms with Crippen molar-refractivity contribution in [3.05, 3.63) is 44.9 Å². The molecule has 7 heteroatoms. The molecule has 0 saturated carbocycles. The number of carbonyl (C=O) groups is 1. The molecule has 1 N–H and O–H groups in total. The zero-order chi connectivity index (χ0) is 16.7. The van der Waals surface area contributed by atoms with Gasteiger partial charge in [-0.3, -0.25) is 10.1 Å². The number of aryl methyl sites for hydroxylation is 1. The summed E-state index contributed by atoms with van der Waals surface area (Å²) < 4.78 is 0. The molecule has 0 unspecified atom stereocenters. The van der Waals surface area contributed by atoms with Crippen molar-refractivity contribution in [2.24, 2.45) is 0 Å². The number of amides is 1. The van der Waals surface area contributed by atoms with Crippen molar-refractivity contribution in [1.82, 2.24) is 10.2 Å². The van der Waals surface area contributed by atoms with Crippen LogP contribution in [0.3, 0.4) is 0 Å². The Kier molecular flexibility index (Phi) is 7.02. The third kappa shape index (κ3) is 5.61. The SMILES string of the molecule is CCCCCc1nnc(NC(=O)/C=C/c2c(Cl)cccc2Cl)s1. The zero-order valence-corrected chi connectivity index (χ0v) is 15.0. The molecule has 0 aliphatic heterocycles. The van der Waals surface area contributed by atoms with Crippen LogP contribution in [0.4, 0.5) is 5.13 Å². The summed E-state index contributed by atoms with van der Waals surface area (Å²) in [5, 5.41) is 13.2. The number of carbonyl (C=O) groups excluding carboxylic acids is 1. The van der Waals surface area contributed by atoms with Crippen molar-refractivity contribution >= 4 is 51.7 Å². The van der Waals surface area contributed by atoms with Gasteiger partial charge in [-0.1, -0.05) is 60.4 Å². The first-order valence-electron chi connectivity index (χ1n) is 7.35. The van der Waals surface area contributed by atoms with Crippen molar-refractivity contribution in [1.29, 1.82) is 0 Å². The molecule has 1 heterocycles. The fourth-order valence-electron chi connectivity index (χ4n) is 1.91. The van der Waals surface area contributed by atoms with E-state index < -0.39 is 0 Å². The van der Waals surface area contributed by atoms with Crippen LogP contribution in [0.15, 0.2) is 24.3 Å². The summed E-state index contributed by atoms with van der Waals surface area (Å²) in [6.45, 7) is 2.16. The summed E-state index contributed by atoms with van der Waals surface area (Å²) in [6.07, 6.45) is 7.28. The van der Waals surface area contributed by atoms with E-state index in [2.05, 4.69) is 22.4 Å². The minimum absolute atomic E-state index is 0.294. The van der Waals surface area contributed by atoms with Gasteiger partial charge >= 0.3 is 0 Å².